The zero-order chi connectivity index (χ0) is 17.8. The van der Waals surface area contributed by atoms with Crippen molar-refractivity contribution in [2.75, 3.05) is 31.1 Å². The Morgan fingerprint density at radius 2 is 2.04 bits per heavy atom. The van der Waals surface area contributed by atoms with Crippen molar-refractivity contribution in [2.24, 2.45) is 0 Å². The van der Waals surface area contributed by atoms with E-state index >= 15 is 0 Å². The zero-order valence-corrected chi connectivity index (χ0v) is 14.7. The van der Waals surface area contributed by atoms with Crippen LogP contribution in [0, 0.1) is 0 Å². The third kappa shape index (κ3) is 3.67. The molecule has 7 nitrogen and oxygen atoms in total. The predicted molar refractivity (Wildman–Crippen MR) is 98.0 cm³/mol. The van der Waals surface area contributed by atoms with Crippen molar-refractivity contribution in [3.05, 3.63) is 36.3 Å². The number of anilines is 1. The summed E-state index contributed by atoms with van der Waals surface area (Å²) in [5, 5.41) is 2.97. The maximum atomic E-state index is 12.8. The lowest BCUT2D eigenvalue weighted by Crippen LogP contribution is -2.32. The standard InChI is InChI=1S/C19H23N5O2/c25-18(21-12-15-4-3-11-26-15)16-13-22-19(24-9-1-2-10-24)23-17(16)14-5-7-20-8-6-14/h5-8,13,15H,1-4,9-12H2,(H,21,25). The van der Waals surface area contributed by atoms with Crippen molar-refractivity contribution < 1.29 is 9.53 Å². The van der Waals surface area contributed by atoms with E-state index in [1.807, 2.05) is 12.1 Å². The fourth-order valence-corrected chi connectivity index (χ4v) is 3.45. The molecule has 1 atom stereocenters. The largest absolute Gasteiger partial charge is 0.376 e. The maximum absolute atomic E-state index is 12.8. The van der Waals surface area contributed by atoms with Crippen LogP contribution in [0.5, 0.6) is 0 Å². The Bertz CT molecular complexity index is 756. The van der Waals surface area contributed by atoms with Crippen LogP contribution in [0.2, 0.25) is 0 Å². The summed E-state index contributed by atoms with van der Waals surface area (Å²) < 4.78 is 5.58. The van der Waals surface area contributed by atoms with E-state index in [2.05, 4.69) is 20.2 Å². The van der Waals surface area contributed by atoms with E-state index in [4.69, 9.17) is 9.72 Å². The highest BCUT2D eigenvalue weighted by atomic mass is 16.5. The minimum absolute atomic E-state index is 0.105. The smallest absolute Gasteiger partial charge is 0.255 e. The number of aromatic nitrogens is 3. The summed E-state index contributed by atoms with van der Waals surface area (Å²) in [6.07, 6.45) is 9.50. The number of ether oxygens (including phenoxy) is 1. The average Bonchev–Trinajstić information content (AvgIpc) is 3.40. The van der Waals surface area contributed by atoms with Gasteiger partial charge in [-0.3, -0.25) is 9.78 Å². The van der Waals surface area contributed by atoms with Gasteiger partial charge in [-0.25, -0.2) is 9.97 Å². The average molecular weight is 353 g/mol. The van der Waals surface area contributed by atoms with Crippen LogP contribution in [0.15, 0.2) is 30.7 Å². The van der Waals surface area contributed by atoms with Crippen LogP contribution in [-0.2, 0) is 4.74 Å². The first kappa shape index (κ1) is 16.9. The second-order valence-electron chi connectivity index (χ2n) is 6.71. The molecule has 0 aromatic carbocycles. The molecule has 0 saturated carbocycles. The van der Waals surface area contributed by atoms with Gasteiger partial charge < -0.3 is 15.0 Å². The number of amides is 1. The van der Waals surface area contributed by atoms with E-state index in [9.17, 15) is 4.79 Å². The Hall–Kier alpha value is -2.54. The molecule has 0 spiro atoms. The molecule has 0 radical (unpaired) electrons. The van der Waals surface area contributed by atoms with E-state index in [1.54, 1.807) is 18.6 Å². The normalized spacial score (nSPS) is 19.7. The van der Waals surface area contributed by atoms with Gasteiger partial charge in [0.25, 0.3) is 5.91 Å². The van der Waals surface area contributed by atoms with Crippen LogP contribution in [0.25, 0.3) is 11.3 Å². The molecule has 4 rings (SSSR count). The molecule has 136 valence electrons. The fraction of sp³-hybridized carbons (Fsp3) is 0.474. The summed E-state index contributed by atoms with van der Waals surface area (Å²) in [5.74, 6) is 0.519. The van der Waals surface area contributed by atoms with E-state index in [0.29, 0.717) is 23.8 Å². The topological polar surface area (TPSA) is 80.2 Å². The minimum Gasteiger partial charge on any atom is -0.376 e. The van der Waals surface area contributed by atoms with Gasteiger partial charge in [0.15, 0.2) is 0 Å². The van der Waals surface area contributed by atoms with Crippen LogP contribution in [-0.4, -0.2) is 53.2 Å². The van der Waals surface area contributed by atoms with Crippen molar-refractivity contribution in [1.29, 1.82) is 0 Å². The predicted octanol–water partition coefficient (Wildman–Crippen LogP) is 2.05. The monoisotopic (exact) mass is 353 g/mol. The summed E-state index contributed by atoms with van der Waals surface area (Å²) in [6, 6.07) is 3.74. The van der Waals surface area contributed by atoms with Crippen LogP contribution in [0.4, 0.5) is 5.95 Å². The van der Waals surface area contributed by atoms with Gasteiger partial charge in [0.1, 0.15) is 0 Å². The molecule has 2 fully saturated rings. The minimum atomic E-state index is -0.166. The highest BCUT2D eigenvalue weighted by Gasteiger charge is 2.22. The van der Waals surface area contributed by atoms with Gasteiger partial charge in [0.2, 0.25) is 5.95 Å². The number of nitrogens with one attached hydrogen (secondary N) is 1. The first-order valence-corrected chi connectivity index (χ1v) is 9.23. The van der Waals surface area contributed by atoms with Crippen molar-refractivity contribution in [1.82, 2.24) is 20.3 Å². The molecular weight excluding hydrogens is 330 g/mol. The highest BCUT2D eigenvalue weighted by molar-refractivity contribution is 5.99. The lowest BCUT2D eigenvalue weighted by atomic mass is 10.1. The quantitative estimate of drug-likeness (QED) is 0.886. The number of hydrogen-bond donors (Lipinski definition) is 1. The molecule has 2 aromatic heterocycles. The number of carbonyl (C=O) groups is 1. The summed E-state index contributed by atoms with van der Waals surface area (Å²) >= 11 is 0. The highest BCUT2D eigenvalue weighted by Crippen LogP contribution is 2.24. The van der Waals surface area contributed by atoms with Crippen molar-refractivity contribution in [3.63, 3.8) is 0 Å². The third-order valence-corrected chi connectivity index (χ3v) is 4.88. The Balaban J connectivity index is 1.60. The lowest BCUT2D eigenvalue weighted by Gasteiger charge is -2.18. The van der Waals surface area contributed by atoms with Gasteiger partial charge in [-0.2, -0.15) is 0 Å². The van der Waals surface area contributed by atoms with E-state index in [-0.39, 0.29) is 12.0 Å². The first-order chi connectivity index (χ1) is 12.8. The molecule has 0 bridgehead atoms. The molecule has 2 aliphatic rings. The molecule has 2 saturated heterocycles. The Morgan fingerprint density at radius 3 is 2.77 bits per heavy atom. The molecule has 4 heterocycles. The number of nitrogens with zero attached hydrogens (tertiary/aromatic N) is 4. The summed E-state index contributed by atoms with van der Waals surface area (Å²) in [5.41, 5.74) is 2.00. The molecule has 0 aliphatic carbocycles. The number of pyridine rings is 1. The molecular formula is C19H23N5O2. The van der Waals surface area contributed by atoms with Crippen LogP contribution < -0.4 is 10.2 Å². The fourth-order valence-electron chi connectivity index (χ4n) is 3.45. The molecule has 2 aliphatic heterocycles. The molecule has 26 heavy (non-hydrogen) atoms. The summed E-state index contributed by atoms with van der Waals surface area (Å²) in [4.78, 5) is 28.2. The number of hydrogen-bond acceptors (Lipinski definition) is 6. The number of carbonyl (C=O) groups excluding carboxylic acids is 1. The molecule has 2 aromatic rings. The van der Waals surface area contributed by atoms with Crippen LogP contribution in [0.3, 0.4) is 0 Å². The van der Waals surface area contributed by atoms with Crippen LogP contribution >= 0.6 is 0 Å². The maximum Gasteiger partial charge on any atom is 0.255 e. The second-order valence-corrected chi connectivity index (χ2v) is 6.71. The van der Waals surface area contributed by atoms with Gasteiger partial charge in [-0.05, 0) is 37.8 Å². The van der Waals surface area contributed by atoms with Crippen molar-refractivity contribution >= 4 is 11.9 Å². The van der Waals surface area contributed by atoms with Crippen LogP contribution in [0.1, 0.15) is 36.0 Å². The Kier molecular flexibility index (Phi) is 5.06. The molecule has 1 amide bonds. The van der Waals surface area contributed by atoms with Gasteiger partial charge in [-0.15, -0.1) is 0 Å². The SMILES string of the molecule is O=C(NCC1CCCO1)c1cnc(N2CCCC2)nc1-c1ccncc1. The lowest BCUT2D eigenvalue weighted by molar-refractivity contribution is 0.0858. The van der Waals surface area contributed by atoms with Gasteiger partial charge in [0, 0.05) is 50.4 Å². The molecule has 1 N–H and O–H groups in total. The van der Waals surface area contributed by atoms with Gasteiger partial charge in [0.05, 0.1) is 17.4 Å². The second kappa shape index (κ2) is 7.78. The van der Waals surface area contributed by atoms with Gasteiger partial charge in [-0.1, -0.05) is 0 Å². The Labute approximate surface area is 152 Å². The zero-order valence-electron chi connectivity index (χ0n) is 14.7. The summed E-state index contributed by atoms with van der Waals surface area (Å²) in [6.45, 7) is 3.21. The molecule has 7 heteroatoms. The van der Waals surface area contributed by atoms with E-state index < -0.39 is 0 Å². The van der Waals surface area contributed by atoms with Crippen molar-refractivity contribution in [3.8, 4) is 11.3 Å². The number of rotatable bonds is 5. The first-order valence-electron chi connectivity index (χ1n) is 9.23. The van der Waals surface area contributed by atoms with Gasteiger partial charge >= 0.3 is 0 Å². The molecule has 1 unspecified atom stereocenters. The van der Waals surface area contributed by atoms with E-state index in [0.717, 1.165) is 50.9 Å². The Morgan fingerprint density at radius 1 is 1.23 bits per heavy atom. The third-order valence-electron chi connectivity index (χ3n) is 4.88. The van der Waals surface area contributed by atoms with Crippen molar-refractivity contribution in [2.45, 2.75) is 31.8 Å². The van der Waals surface area contributed by atoms with E-state index in [1.165, 1.54) is 0 Å². The summed E-state index contributed by atoms with van der Waals surface area (Å²) in [7, 11) is 0.